The van der Waals surface area contributed by atoms with Crippen LogP contribution in [0.25, 0.3) is 0 Å². The molecule has 0 saturated heterocycles. The highest BCUT2D eigenvalue weighted by Gasteiger charge is 2.38. The first-order valence-corrected chi connectivity index (χ1v) is 7.13. The van der Waals surface area contributed by atoms with Gasteiger partial charge in [-0.1, -0.05) is 71.4 Å². The average molecular weight is 261 g/mol. The van der Waals surface area contributed by atoms with Crippen LogP contribution in [0.4, 0.5) is 0 Å². The van der Waals surface area contributed by atoms with Gasteiger partial charge in [0.05, 0.1) is 0 Å². The molecule has 0 saturated carbocycles. The van der Waals surface area contributed by atoms with Gasteiger partial charge in [0.15, 0.2) is 0 Å². The Bertz CT molecular complexity index is 405. The maximum Gasteiger partial charge on any atom is 0.221 e. The van der Waals surface area contributed by atoms with Crippen molar-refractivity contribution in [1.29, 1.82) is 0 Å². The lowest BCUT2D eigenvalue weighted by Crippen LogP contribution is -2.41. The Kier molecular flexibility index (Phi) is 5.16. The molecule has 2 nitrogen and oxygen atoms in total. The molecule has 1 amide bonds. The van der Waals surface area contributed by atoms with Gasteiger partial charge in [-0.15, -0.1) is 0 Å². The fourth-order valence-electron chi connectivity index (χ4n) is 3.16. The van der Waals surface area contributed by atoms with Crippen LogP contribution in [0, 0.1) is 17.3 Å². The summed E-state index contributed by atoms with van der Waals surface area (Å²) in [5, 5.41) is 0. The first kappa shape index (κ1) is 15.7. The third-order valence-electron chi connectivity index (χ3n) is 4.11. The predicted octanol–water partition coefficient (Wildman–Crippen LogP) is 3.96. The van der Waals surface area contributed by atoms with Gasteiger partial charge >= 0.3 is 0 Å². The zero-order chi connectivity index (χ0) is 14.6. The smallest absolute Gasteiger partial charge is 0.221 e. The molecule has 0 bridgehead atoms. The predicted molar refractivity (Wildman–Crippen MR) is 80.8 cm³/mol. The van der Waals surface area contributed by atoms with Crippen LogP contribution in [-0.2, 0) is 4.79 Å². The lowest BCUT2D eigenvalue weighted by atomic mass is 9.66. The van der Waals surface area contributed by atoms with Gasteiger partial charge in [-0.3, -0.25) is 4.79 Å². The van der Waals surface area contributed by atoms with Gasteiger partial charge in [0, 0.05) is 5.92 Å². The van der Waals surface area contributed by atoms with Crippen LogP contribution in [0.2, 0.25) is 0 Å². The number of primary amides is 1. The molecule has 1 aromatic rings. The Balaban J connectivity index is 3.08. The molecule has 0 aromatic heterocycles. The SMILES string of the molecule is CC[C@@H](C(C)c1ccccc1)C(C(N)=O)C(C)(C)C. The molecule has 2 N–H and O–H groups in total. The molecule has 3 atom stereocenters. The largest absolute Gasteiger partial charge is 0.369 e. The van der Waals surface area contributed by atoms with Crippen molar-refractivity contribution in [1.82, 2.24) is 0 Å². The molecular formula is C17H27NO. The summed E-state index contributed by atoms with van der Waals surface area (Å²) >= 11 is 0. The minimum Gasteiger partial charge on any atom is -0.369 e. The maximum atomic E-state index is 11.9. The van der Waals surface area contributed by atoms with Crippen LogP contribution < -0.4 is 5.73 Å². The molecule has 0 aliphatic carbocycles. The quantitative estimate of drug-likeness (QED) is 0.856. The normalized spacial score (nSPS) is 16.7. The number of amides is 1. The molecule has 106 valence electrons. The van der Waals surface area contributed by atoms with Crippen molar-refractivity contribution in [3.05, 3.63) is 35.9 Å². The molecule has 0 spiro atoms. The molecule has 0 aliphatic rings. The Morgan fingerprint density at radius 3 is 2.11 bits per heavy atom. The van der Waals surface area contributed by atoms with Gasteiger partial charge in [-0.25, -0.2) is 0 Å². The maximum absolute atomic E-state index is 11.9. The van der Waals surface area contributed by atoms with Gasteiger partial charge in [-0.05, 0) is 22.8 Å². The van der Waals surface area contributed by atoms with Crippen molar-refractivity contribution < 1.29 is 4.79 Å². The van der Waals surface area contributed by atoms with Crippen molar-refractivity contribution in [2.45, 2.75) is 47.0 Å². The van der Waals surface area contributed by atoms with E-state index in [-0.39, 0.29) is 23.2 Å². The van der Waals surface area contributed by atoms with Gasteiger partial charge < -0.3 is 5.73 Å². The summed E-state index contributed by atoms with van der Waals surface area (Å²) in [6, 6.07) is 10.4. The molecule has 0 heterocycles. The molecule has 0 fully saturated rings. The zero-order valence-electron chi connectivity index (χ0n) is 12.8. The molecule has 0 aliphatic heterocycles. The van der Waals surface area contributed by atoms with E-state index in [4.69, 9.17) is 5.73 Å². The number of carbonyl (C=O) groups excluding carboxylic acids is 1. The van der Waals surface area contributed by atoms with Crippen molar-refractivity contribution >= 4 is 5.91 Å². The molecule has 0 radical (unpaired) electrons. The Morgan fingerprint density at radius 2 is 1.74 bits per heavy atom. The summed E-state index contributed by atoms with van der Waals surface area (Å²) in [6.45, 7) is 10.6. The Morgan fingerprint density at radius 1 is 1.21 bits per heavy atom. The van der Waals surface area contributed by atoms with E-state index in [9.17, 15) is 4.79 Å². The number of hydrogen-bond acceptors (Lipinski definition) is 1. The number of rotatable bonds is 5. The summed E-state index contributed by atoms with van der Waals surface area (Å²) < 4.78 is 0. The lowest BCUT2D eigenvalue weighted by molar-refractivity contribution is -0.127. The monoisotopic (exact) mass is 261 g/mol. The van der Waals surface area contributed by atoms with Crippen LogP contribution in [0.15, 0.2) is 30.3 Å². The van der Waals surface area contributed by atoms with Gasteiger partial charge in [0.2, 0.25) is 5.91 Å². The van der Waals surface area contributed by atoms with E-state index in [1.165, 1.54) is 5.56 Å². The van der Waals surface area contributed by atoms with E-state index in [1.807, 2.05) is 6.07 Å². The number of hydrogen-bond donors (Lipinski definition) is 1. The van der Waals surface area contributed by atoms with Crippen LogP contribution in [0.5, 0.6) is 0 Å². The summed E-state index contributed by atoms with van der Waals surface area (Å²) in [5.41, 5.74) is 6.86. The highest BCUT2D eigenvalue weighted by Crippen LogP contribution is 2.41. The van der Waals surface area contributed by atoms with Crippen LogP contribution >= 0.6 is 0 Å². The third-order valence-corrected chi connectivity index (χ3v) is 4.11. The molecule has 2 unspecified atom stereocenters. The molecule has 19 heavy (non-hydrogen) atoms. The van der Waals surface area contributed by atoms with E-state index in [1.54, 1.807) is 0 Å². The van der Waals surface area contributed by atoms with Gasteiger partial charge in [-0.2, -0.15) is 0 Å². The molecule has 2 heteroatoms. The minimum atomic E-state index is -0.179. The molecular weight excluding hydrogens is 234 g/mol. The average Bonchev–Trinajstić information content (AvgIpc) is 2.34. The topological polar surface area (TPSA) is 43.1 Å². The number of benzene rings is 1. The zero-order valence-corrected chi connectivity index (χ0v) is 12.8. The summed E-state index contributed by atoms with van der Waals surface area (Å²) in [6.07, 6.45) is 0.959. The Labute approximate surface area is 117 Å². The lowest BCUT2D eigenvalue weighted by Gasteiger charge is -2.37. The van der Waals surface area contributed by atoms with Crippen molar-refractivity contribution in [2.24, 2.45) is 23.0 Å². The Hall–Kier alpha value is -1.31. The van der Waals surface area contributed by atoms with Crippen molar-refractivity contribution in [3.63, 3.8) is 0 Å². The van der Waals surface area contributed by atoms with E-state index in [2.05, 4.69) is 58.9 Å². The standard InChI is InChI=1S/C17H27NO/c1-6-14(15(16(18)19)17(3,4)5)12(2)13-10-8-7-9-11-13/h7-12,14-15H,6H2,1-5H3,(H2,18,19)/t12?,14-,15?/m0/s1. The second-order valence-corrected chi connectivity index (χ2v) is 6.52. The molecule has 1 aromatic carbocycles. The fraction of sp³-hybridized carbons (Fsp3) is 0.588. The summed E-state index contributed by atoms with van der Waals surface area (Å²) in [4.78, 5) is 11.9. The van der Waals surface area contributed by atoms with E-state index in [0.717, 1.165) is 6.42 Å². The first-order chi connectivity index (χ1) is 8.79. The summed E-state index contributed by atoms with van der Waals surface area (Å²) in [5.74, 6) is 0.331. The first-order valence-electron chi connectivity index (χ1n) is 7.13. The van der Waals surface area contributed by atoms with E-state index >= 15 is 0 Å². The van der Waals surface area contributed by atoms with Crippen LogP contribution in [0.1, 0.15) is 52.5 Å². The van der Waals surface area contributed by atoms with E-state index in [0.29, 0.717) is 5.92 Å². The van der Waals surface area contributed by atoms with Crippen molar-refractivity contribution in [2.75, 3.05) is 0 Å². The minimum absolute atomic E-state index is 0.102. The highest BCUT2D eigenvalue weighted by molar-refractivity contribution is 5.78. The highest BCUT2D eigenvalue weighted by atomic mass is 16.1. The van der Waals surface area contributed by atoms with Crippen molar-refractivity contribution in [3.8, 4) is 0 Å². The second kappa shape index (κ2) is 6.23. The van der Waals surface area contributed by atoms with Crippen LogP contribution in [0.3, 0.4) is 0 Å². The van der Waals surface area contributed by atoms with E-state index < -0.39 is 0 Å². The van der Waals surface area contributed by atoms with Gasteiger partial charge in [0.1, 0.15) is 0 Å². The number of nitrogens with two attached hydrogens (primary N) is 1. The fourth-order valence-corrected chi connectivity index (χ4v) is 3.16. The number of carbonyl (C=O) groups is 1. The summed E-state index contributed by atoms with van der Waals surface area (Å²) in [7, 11) is 0. The second-order valence-electron chi connectivity index (χ2n) is 6.52. The molecule has 1 rings (SSSR count). The third kappa shape index (κ3) is 3.82. The van der Waals surface area contributed by atoms with Crippen LogP contribution in [-0.4, -0.2) is 5.91 Å². The van der Waals surface area contributed by atoms with Gasteiger partial charge in [0.25, 0.3) is 0 Å².